The van der Waals surface area contributed by atoms with Crippen molar-refractivity contribution in [2.45, 2.75) is 132 Å². The van der Waals surface area contributed by atoms with Crippen LogP contribution in [0.1, 0.15) is 109 Å². The molecule has 0 heterocycles. The minimum Gasteiger partial charge on any atom is -0.497 e. The quantitative estimate of drug-likeness (QED) is 0.0658. The standard InChI is InChI=1S/C24H36N2O5.C17H29NO5.C7H9NO/c1-16(2)14-18(15-21(27)17(3)25-23(29)31-24(4,5)6)8-13-22(28)26-19-9-11-20(30-7)12-10-19;1-11(2)9-13(7-8-15(20)21)10-14(19)12(3)18-16(22)23-17(4,5)6;1-9-7-4-2-6(8)3-5-7/h8-13,16-18H,14-15H2,1-7H3,(H,25,29)(H,26,28);7-8,11-13H,9-10H2,1-6H3,(H,18,22)(H,20,21);2-5H,8H2,1H3/b13-8+;8-7+;/t17-,18+;12-,13+;/m00./s1. The summed E-state index contributed by atoms with van der Waals surface area (Å²) in [6.45, 7) is 21.9. The SMILES string of the molecule is CC(C)C[C@@H](/C=C/C(=O)O)CC(=O)[C@H](C)NC(=O)OC(C)(C)C.COc1ccc(N)cc1.COc1ccc(NC(=O)/C=C/[C@@H](CC(=O)[C@H](C)NC(=O)OC(C)(C)C)CC(C)C)cc1. The zero-order valence-electron chi connectivity index (χ0n) is 39.8. The van der Waals surface area contributed by atoms with Gasteiger partial charge in [0, 0.05) is 30.3 Å². The number of nitrogens with one attached hydrogen (secondary N) is 3. The third-order valence-corrected chi connectivity index (χ3v) is 8.41. The van der Waals surface area contributed by atoms with E-state index in [1.165, 1.54) is 6.08 Å². The Morgan fingerprint density at radius 2 is 0.984 bits per heavy atom. The van der Waals surface area contributed by atoms with Crippen molar-refractivity contribution in [2.75, 3.05) is 25.3 Å². The van der Waals surface area contributed by atoms with Crippen molar-refractivity contribution in [1.29, 1.82) is 0 Å². The number of methoxy groups -OCH3 is 2. The van der Waals surface area contributed by atoms with Crippen LogP contribution in [0.25, 0.3) is 0 Å². The van der Waals surface area contributed by atoms with E-state index in [4.69, 9.17) is 29.8 Å². The Labute approximate surface area is 374 Å². The number of carbonyl (C=O) groups excluding carboxylic acids is 5. The molecule has 0 aliphatic rings. The van der Waals surface area contributed by atoms with Gasteiger partial charge in [0.15, 0.2) is 11.6 Å². The molecule has 0 aliphatic heterocycles. The Kier molecular flexibility index (Phi) is 26.0. The number of carboxylic acids is 1. The second kappa shape index (κ2) is 28.7. The first kappa shape index (κ1) is 57.1. The summed E-state index contributed by atoms with van der Waals surface area (Å²) in [6, 6.07) is 12.9. The van der Waals surface area contributed by atoms with Crippen LogP contribution >= 0.6 is 0 Å². The van der Waals surface area contributed by atoms with Crippen LogP contribution in [0, 0.1) is 23.7 Å². The number of anilines is 2. The van der Waals surface area contributed by atoms with Crippen molar-refractivity contribution in [3.05, 3.63) is 72.8 Å². The molecule has 63 heavy (non-hydrogen) atoms. The first-order valence-electron chi connectivity index (χ1n) is 21.1. The highest BCUT2D eigenvalue weighted by molar-refractivity contribution is 5.99. The van der Waals surface area contributed by atoms with E-state index in [0.717, 1.165) is 23.9 Å². The fourth-order valence-corrected chi connectivity index (χ4v) is 5.57. The normalized spacial score (nSPS) is 13.3. The molecule has 0 bridgehead atoms. The molecule has 0 radical (unpaired) electrons. The topological polar surface area (TPSA) is 222 Å². The molecule has 2 aromatic carbocycles. The molecule has 2 rings (SSSR count). The molecule has 0 saturated heterocycles. The number of nitrogens with two attached hydrogens (primary N) is 1. The summed E-state index contributed by atoms with van der Waals surface area (Å²) < 4.78 is 20.3. The van der Waals surface area contributed by atoms with Crippen LogP contribution in [0.2, 0.25) is 0 Å². The van der Waals surface area contributed by atoms with Gasteiger partial charge in [-0.2, -0.15) is 0 Å². The summed E-state index contributed by atoms with van der Waals surface area (Å²) in [5.41, 5.74) is 5.58. The van der Waals surface area contributed by atoms with Gasteiger partial charge in [-0.1, -0.05) is 39.8 Å². The van der Waals surface area contributed by atoms with E-state index in [1.807, 2.05) is 26.0 Å². The van der Waals surface area contributed by atoms with Gasteiger partial charge >= 0.3 is 18.2 Å². The van der Waals surface area contributed by atoms with Crippen molar-refractivity contribution < 1.29 is 52.8 Å². The maximum Gasteiger partial charge on any atom is 0.408 e. The Hall–Kier alpha value is -5.86. The molecule has 3 amide bonds. The van der Waals surface area contributed by atoms with Gasteiger partial charge in [0.25, 0.3) is 0 Å². The molecule has 6 N–H and O–H groups in total. The number of Topliss-reactive ketones (excluding diaryl/α,β-unsaturated/α-hetero) is 2. The van der Waals surface area contributed by atoms with E-state index in [1.54, 1.807) is 118 Å². The van der Waals surface area contributed by atoms with E-state index >= 15 is 0 Å². The Bertz CT molecular complexity index is 1770. The number of nitrogen functional groups attached to an aromatic ring is 1. The number of hydrogen-bond donors (Lipinski definition) is 5. The monoisotopic (exact) mass is 883 g/mol. The van der Waals surface area contributed by atoms with Gasteiger partial charge in [-0.3, -0.25) is 14.4 Å². The molecule has 0 spiro atoms. The lowest BCUT2D eigenvalue weighted by atomic mass is 9.90. The third-order valence-electron chi connectivity index (χ3n) is 8.41. The van der Waals surface area contributed by atoms with Crippen molar-refractivity contribution in [1.82, 2.24) is 10.6 Å². The van der Waals surface area contributed by atoms with E-state index in [2.05, 4.69) is 29.8 Å². The number of amides is 3. The van der Waals surface area contributed by atoms with Crippen LogP contribution < -0.4 is 31.2 Å². The number of ketones is 2. The van der Waals surface area contributed by atoms with Gasteiger partial charge in [0.1, 0.15) is 22.7 Å². The molecule has 0 aliphatic carbocycles. The lowest BCUT2D eigenvalue weighted by Gasteiger charge is -2.22. The molecular weight excluding hydrogens is 809 g/mol. The second-order valence-electron chi connectivity index (χ2n) is 17.9. The minimum absolute atomic E-state index is 0.114. The largest absolute Gasteiger partial charge is 0.497 e. The van der Waals surface area contributed by atoms with E-state index < -0.39 is 41.4 Å². The van der Waals surface area contributed by atoms with Crippen molar-refractivity contribution in [2.24, 2.45) is 23.7 Å². The molecule has 352 valence electrons. The average molecular weight is 883 g/mol. The molecule has 15 heteroatoms. The molecule has 0 saturated carbocycles. The number of ether oxygens (including phenoxy) is 4. The van der Waals surface area contributed by atoms with Gasteiger partial charge in [-0.15, -0.1) is 0 Å². The van der Waals surface area contributed by atoms with Crippen LogP contribution in [0.4, 0.5) is 21.0 Å². The highest BCUT2D eigenvalue weighted by atomic mass is 16.6. The molecule has 0 unspecified atom stereocenters. The predicted octanol–water partition coefficient (Wildman–Crippen LogP) is 9.16. The van der Waals surface area contributed by atoms with Gasteiger partial charge < -0.3 is 45.7 Å². The van der Waals surface area contributed by atoms with Gasteiger partial charge in [0.05, 0.1) is 26.3 Å². The zero-order valence-corrected chi connectivity index (χ0v) is 39.8. The number of allylic oxidation sites excluding steroid dienone is 2. The van der Waals surface area contributed by atoms with Crippen LogP contribution in [0.3, 0.4) is 0 Å². The Balaban J connectivity index is 0.00000104. The van der Waals surface area contributed by atoms with E-state index in [9.17, 15) is 28.8 Å². The second-order valence-corrected chi connectivity index (χ2v) is 17.9. The zero-order chi connectivity index (χ0) is 48.5. The lowest BCUT2D eigenvalue weighted by Crippen LogP contribution is -2.42. The predicted molar refractivity (Wildman–Crippen MR) is 248 cm³/mol. The molecular formula is C48H74N4O11. The maximum absolute atomic E-state index is 12.6. The molecule has 2 aromatic rings. The number of carbonyl (C=O) groups is 6. The highest BCUT2D eigenvalue weighted by Crippen LogP contribution is 2.21. The average Bonchev–Trinajstić information content (AvgIpc) is 3.15. The number of hydrogen-bond acceptors (Lipinski definition) is 11. The summed E-state index contributed by atoms with van der Waals surface area (Å²) in [5, 5.41) is 16.6. The fourth-order valence-electron chi connectivity index (χ4n) is 5.57. The number of benzene rings is 2. The summed E-state index contributed by atoms with van der Waals surface area (Å²) in [6.07, 6.45) is 6.41. The number of rotatable bonds is 19. The fraction of sp³-hybridized carbons (Fsp3) is 0.542. The number of aliphatic carboxylic acids is 1. The Morgan fingerprint density at radius 1 is 0.619 bits per heavy atom. The van der Waals surface area contributed by atoms with Crippen LogP contribution in [-0.2, 0) is 28.7 Å². The summed E-state index contributed by atoms with van der Waals surface area (Å²) in [4.78, 5) is 71.3. The summed E-state index contributed by atoms with van der Waals surface area (Å²) in [7, 11) is 3.21. The number of alkyl carbamates (subject to hydrolysis) is 2. The molecule has 0 fully saturated rings. The first-order chi connectivity index (χ1) is 29.1. The smallest absolute Gasteiger partial charge is 0.408 e. The van der Waals surface area contributed by atoms with Crippen LogP contribution in [-0.4, -0.2) is 78.2 Å². The Morgan fingerprint density at radius 3 is 1.32 bits per heavy atom. The van der Waals surface area contributed by atoms with Crippen molar-refractivity contribution in [3.8, 4) is 11.5 Å². The third kappa shape index (κ3) is 29.9. The van der Waals surface area contributed by atoms with Crippen LogP contribution in [0.15, 0.2) is 72.8 Å². The number of carboxylic acid groups (broad SMARTS) is 1. The summed E-state index contributed by atoms with van der Waals surface area (Å²) >= 11 is 0. The minimum atomic E-state index is -1.04. The molecule has 4 atom stereocenters. The molecule has 15 nitrogen and oxygen atoms in total. The van der Waals surface area contributed by atoms with Gasteiger partial charge in [-0.25, -0.2) is 14.4 Å². The van der Waals surface area contributed by atoms with Gasteiger partial charge in [-0.05, 0) is 147 Å². The van der Waals surface area contributed by atoms with Gasteiger partial charge in [0.2, 0.25) is 5.91 Å². The summed E-state index contributed by atoms with van der Waals surface area (Å²) in [5.74, 6) is 0.369. The van der Waals surface area contributed by atoms with E-state index in [0.29, 0.717) is 29.7 Å². The van der Waals surface area contributed by atoms with Crippen molar-refractivity contribution >= 4 is 47.0 Å². The first-order valence-corrected chi connectivity index (χ1v) is 21.1. The van der Waals surface area contributed by atoms with Crippen LogP contribution in [0.5, 0.6) is 11.5 Å². The lowest BCUT2D eigenvalue weighted by molar-refractivity contribution is -0.131. The molecule has 0 aromatic heterocycles. The highest BCUT2D eigenvalue weighted by Gasteiger charge is 2.24. The maximum atomic E-state index is 12.6. The van der Waals surface area contributed by atoms with Crippen molar-refractivity contribution in [3.63, 3.8) is 0 Å². The van der Waals surface area contributed by atoms with E-state index in [-0.39, 0.29) is 42.2 Å².